The average molecular weight is 258 g/mol. The molecule has 1 unspecified atom stereocenters. The van der Waals surface area contributed by atoms with Crippen molar-refractivity contribution in [1.29, 1.82) is 0 Å². The van der Waals surface area contributed by atoms with Gasteiger partial charge in [0.25, 0.3) is 0 Å². The van der Waals surface area contributed by atoms with Gasteiger partial charge in [0.2, 0.25) is 0 Å². The summed E-state index contributed by atoms with van der Waals surface area (Å²) in [5, 5.41) is 3.47. The number of hydrogen-bond acceptors (Lipinski definition) is 2. The van der Waals surface area contributed by atoms with Crippen LogP contribution in [0.5, 0.6) is 0 Å². The van der Waals surface area contributed by atoms with Crippen LogP contribution in [0.25, 0.3) is 0 Å². The summed E-state index contributed by atoms with van der Waals surface area (Å²) in [5.41, 5.74) is 4.11. The fourth-order valence-corrected chi connectivity index (χ4v) is 2.14. The zero-order chi connectivity index (χ0) is 13.8. The van der Waals surface area contributed by atoms with Crippen molar-refractivity contribution in [3.05, 3.63) is 59.2 Å². The van der Waals surface area contributed by atoms with Gasteiger partial charge >= 0.3 is 0 Å². The molecule has 1 heterocycles. The average Bonchev–Trinajstić information content (AvgIpc) is 2.39. The quantitative estimate of drug-likeness (QED) is 0.879. The predicted molar refractivity (Wildman–Crippen MR) is 76.8 cm³/mol. The number of pyridine rings is 1. The second-order valence-electron chi connectivity index (χ2n) is 4.74. The smallest absolute Gasteiger partial charge is 0.123 e. The normalized spacial score (nSPS) is 12.2. The standard InChI is InChI=1S/C16H19FN2/c1-4-15(13-6-8-14(17)9-7-13)19-16-10-5-11(2)18-12(16)3/h5-10,15,19H,4H2,1-3H3. The highest BCUT2D eigenvalue weighted by Crippen LogP contribution is 2.24. The third-order valence-electron chi connectivity index (χ3n) is 3.24. The molecule has 0 saturated carbocycles. The number of hydrogen-bond donors (Lipinski definition) is 1. The highest BCUT2D eigenvalue weighted by Gasteiger charge is 2.10. The number of rotatable bonds is 4. The molecule has 0 spiro atoms. The number of halogens is 1. The second-order valence-corrected chi connectivity index (χ2v) is 4.74. The van der Waals surface area contributed by atoms with E-state index in [-0.39, 0.29) is 11.9 Å². The van der Waals surface area contributed by atoms with Gasteiger partial charge in [-0.3, -0.25) is 4.98 Å². The van der Waals surface area contributed by atoms with Gasteiger partial charge in [0.15, 0.2) is 0 Å². The van der Waals surface area contributed by atoms with Crippen LogP contribution in [-0.2, 0) is 0 Å². The summed E-state index contributed by atoms with van der Waals surface area (Å²) in [6, 6.07) is 10.9. The van der Waals surface area contributed by atoms with E-state index in [1.807, 2.05) is 38.1 Å². The Kier molecular flexibility index (Phi) is 4.15. The highest BCUT2D eigenvalue weighted by atomic mass is 19.1. The van der Waals surface area contributed by atoms with Crippen LogP contribution in [0, 0.1) is 19.7 Å². The van der Waals surface area contributed by atoms with Gasteiger partial charge in [-0.15, -0.1) is 0 Å². The summed E-state index contributed by atoms with van der Waals surface area (Å²) < 4.78 is 13.0. The lowest BCUT2D eigenvalue weighted by atomic mass is 10.0. The van der Waals surface area contributed by atoms with E-state index in [9.17, 15) is 4.39 Å². The van der Waals surface area contributed by atoms with Crippen molar-refractivity contribution in [2.75, 3.05) is 5.32 Å². The molecule has 2 nitrogen and oxygen atoms in total. The van der Waals surface area contributed by atoms with E-state index in [2.05, 4.69) is 17.2 Å². The van der Waals surface area contributed by atoms with E-state index in [0.29, 0.717) is 0 Å². The van der Waals surface area contributed by atoms with Crippen molar-refractivity contribution < 1.29 is 4.39 Å². The Morgan fingerprint density at radius 1 is 1.11 bits per heavy atom. The lowest BCUT2D eigenvalue weighted by Gasteiger charge is -2.20. The maximum atomic E-state index is 13.0. The van der Waals surface area contributed by atoms with Crippen molar-refractivity contribution >= 4 is 5.69 Å². The summed E-state index contributed by atoms with van der Waals surface area (Å²) >= 11 is 0. The van der Waals surface area contributed by atoms with Crippen LogP contribution >= 0.6 is 0 Å². The van der Waals surface area contributed by atoms with Crippen molar-refractivity contribution in [2.45, 2.75) is 33.2 Å². The van der Waals surface area contributed by atoms with Gasteiger partial charge in [0.1, 0.15) is 5.82 Å². The Morgan fingerprint density at radius 3 is 2.37 bits per heavy atom. The van der Waals surface area contributed by atoms with Gasteiger partial charge in [0, 0.05) is 5.69 Å². The molecule has 0 fully saturated rings. The first-order valence-corrected chi connectivity index (χ1v) is 6.56. The van der Waals surface area contributed by atoms with E-state index < -0.39 is 0 Å². The minimum Gasteiger partial charge on any atom is -0.377 e. The SMILES string of the molecule is CCC(Nc1ccc(C)nc1C)c1ccc(F)cc1. The van der Waals surface area contributed by atoms with Crippen LogP contribution in [0.3, 0.4) is 0 Å². The fourth-order valence-electron chi connectivity index (χ4n) is 2.14. The topological polar surface area (TPSA) is 24.9 Å². The molecule has 1 aromatic carbocycles. The highest BCUT2D eigenvalue weighted by molar-refractivity contribution is 5.49. The van der Waals surface area contributed by atoms with Crippen LogP contribution in [-0.4, -0.2) is 4.98 Å². The van der Waals surface area contributed by atoms with Crippen LogP contribution < -0.4 is 5.32 Å². The molecule has 2 rings (SSSR count). The van der Waals surface area contributed by atoms with Crippen molar-refractivity contribution in [1.82, 2.24) is 4.98 Å². The molecule has 0 aliphatic carbocycles. The van der Waals surface area contributed by atoms with Crippen molar-refractivity contribution in [2.24, 2.45) is 0 Å². The number of anilines is 1. The van der Waals surface area contributed by atoms with E-state index in [1.165, 1.54) is 12.1 Å². The molecule has 0 bridgehead atoms. The molecule has 0 aliphatic heterocycles. The monoisotopic (exact) mass is 258 g/mol. The number of nitrogens with one attached hydrogen (secondary N) is 1. The second kappa shape index (κ2) is 5.83. The molecule has 1 aromatic heterocycles. The van der Waals surface area contributed by atoms with Gasteiger partial charge < -0.3 is 5.32 Å². The summed E-state index contributed by atoms with van der Waals surface area (Å²) in [5.74, 6) is -0.202. The van der Waals surface area contributed by atoms with E-state index in [1.54, 1.807) is 0 Å². The summed E-state index contributed by atoms with van der Waals surface area (Å²) in [6.45, 7) is 6.08. The molecule has 0 aliphatic rings. The largest absolute Gasteiger partial charge is 0.377 e. The van der Waals surface area contributed by atoms with E-state index >= 15 is 0 Å². The summed E-state index contributed by atoms with van der Waals surface area (Å²) in [4.78, 5) is 4.45. The van der Waals surface area contributed by atoms with Gasteiger partial charge in [-0.05, 0) is 50.1 Å². The molecule has 19 heavy (non-hydrogen) atoms. The Hall–Kier alpha value is -1.90. The molecule has 1 N–H and O–H groups in total. The maximum Gasteiger partial charge on any atom is 0.123 e. The van der Waals surface area contributed by atoms with Gasteiger partial charge in [-0.1, -0.05) is 19.1 Å². The fraction of sp³-hybridized carbons (Fsp3) is 0.312. The Bertz CT molecular complexity index is 549. The number of nitrogens with zero attached hydrogens (tertiary/aromatic N) is 1. The van der Waals surface area contributed by atoms with Gasteiger partial charge in [-0.2, -0.15) is 0 Å². The lowest BCUT2D eigenvalue weighted by Crippen LogP contribution is -2.11. The first kappa shape index (κ1) is 13.5. The molecule has 0 amide bonds. The van der Waals surface area contributed by atoms with Crippen molar-refractivity contribution in [3.63, 3.8) is 0 Å². The number of benzene rings is 1. The third kappa shape index (κ3) is 3.31. The molecule has 3 heteroatoms. The van der Waals surface area contributed by atoms with Gasteiger partial charge in [-0.25, -0.2) is 4.39 Å². The molecular formula is C16H19FN2. The predicted octanol–water partition coefficient (Wildman–Crippen LogP) is 4.40. The Balaban J connectivity index is 2.21. The van der Waals surface area contributed by atoms with E-state index in [4.69, 9.17) is 0 Å². The van der Waals surface area contributed by atoms with Crippen LogP contribution in [0.4, 0.5) is 10.1 Å². The lowest BCUT2D eigenvalue weighted by molar-refractivity contribution is 0.625. The number of aromatic nitrogens is 1. The zero-order valence-corrected chi connectivity index (χ0v) is 11.6. The van der Waals surface area contributed by atoms with Crippen LogP contribution in [0.2, 0.25) is 0 Å². The van der Waals surface area contributed by atoms with Crippen LogP contribution in [0.15, 0.2) is 36.4 Å². The molecule has 100 valence electrons. The molecular weight excluding hydrogens is 239 g/mol. The summed E-state index contributed by atoms with van der Waals surface area (Å²) in [7, 11) is 0. The van der Waals surface area contributed by atoms with Crippen molar-refractivity contribution in [3.8, 4) is 0 Å². The Labute approximate surface area is 113 Å². The minimum atomic E-state index is -0.202. The maximum absolute atomic E-state index is 13.0. The molecule has 0 radical (unpaired) electrons. The van der Waals surface area contributed by atoms with Crippen LogP contribution in [0.1, 0.15) is 36.3 Å². The minimum absolute atomic E-state index is 0.170. The first-order chi connectivity index (χ1) is 9.10. The third-order valence-corrected chi connectivity index (χ3v) is 3.24. The zero-order valence-electron chi connectivity index (χ0n) is 11.6. The molecule has 0 saturated heterocycles. The molecule has 2 aromatic rings. The molecule has 1 atom stereocenters. The summed E-state index contributed by atoms with van der Waals surface area (Å²) in [6.07, 6.45) is 0.930. The first-order valence-electron chi connectivity index (χ1n) is 6.56. The number of aryl methyl sites for hydroxylation is 2. The Morgan fingerprint density at radius 2 is 1.79 bits per heavy atom. The van der Waals surface area contributed by atoms with E-state index in [0.717, 1.165) is 29.1 Å². The van der Waals surface area contributed by atoms with Gasteiger partial charge in [0.05, 0.1) is 17.4 Å².